The molecule has 2 aromatic carbocycles. The van der Waals surface area contributed by atoms with Crippen molar-refractivity contribution in [1.82, 2.24) is 14.4 Å². The monoisotopic (exact) mass is 487 g/mol. The zero-order valence-electron chi connectivity index (χ0n) is 19.7. The van der Waals surface area contributed by atoms with Crippen LogP contribution in [0.5, 0.6) is 11.5 Å². The number of anilines is 4. The summed E-state index contributed by atoms with van der Waals surface area (Å²) in [7, 11) is 3.09. The first-order valence-electron chi connectivity index (χ1n) is 10.8. The second-order valence-electron chi connectivity index (χ2n) is 7.61. The highest BCUT2D eigenvalue weighted by atomic mass is 16.5. The van der Waals surface area contributed by atoms with Gasteiger partial charge >= 0.3 is 0 Å². The smallest absolute Gasteiger partial charge is 0.256 e. The third-order valence-electron chi connectivity index (χ3n) is 5.27. The van der Waals surface area contributed by atoms with Gasteiger partial charge in [-0.3, -0.25) is 14.0 Å². The lowest BCUT2D eigenvalue weighted by molar-refractivity contribution is -0.111. The van der Waals surface area contributed by atoms with Crippen molar-refractivity contribution in [2.75, 3.05) is 30.2 Å². The molecule has 0 saturated heterocycles. The van der Waals surface area contributed by atoms with Crippen molar-refractivity contribution in [2.24, 2.45) is 5.73 Å². The Morgan fingerprint density at radius 2 is 1.78 bits per heavy atom. The number of aromatic nitrogens is 3. The van der Waals surface area contributed by atoms with Crippen molar-refractivity contribution in [1.29, 1.82) is 0 Å². The average Bonchev–Trinajstić information content (AvgIpc) is 3.37. The Morgan fingerprint density at radius 1 is 1.08 bits per heavy atom. The molecule has 2 heterocycles. The second kappa shape index (κ2) is 10.5. The maximum absolute atomic E-state index is 12.4. The van der Waals surface area contributed by atoms with Gasteiger partial charge in [0.05, 0.1) is 14.2 Å². The largest absolute Gasteiger partial charge is 0.497 e. The fourth-order valence-electron chi connectivity index (χ4n) is 3.52. The van der Waals surface area contributed by atoms with Crippen molar-refractivity contribution in [3.05, 3.63) is 78.6 Å². The molecule has 11 heteroatoms. The molecule has 0 bridgehead atoms. The van der Waals surface area contributed by atoms with Crippen molar-refractivity contribution in [2.45, 2.75) is 6.54 Å². The molecule has 0 aliphatic rings. The van der Waals surface area contributed by atoms with Crippen LogP contribution in [-0.4, -0.2) is 40.4 Å². The first-order valence-corrected chi connectivity index (χ1v) is 10.8. The fraction of sp³-hybridized carbons (Fsp3) is 0.120. The summed E-state index contributed by atoms with van der Waals surface area (Å²) in [5.74, 6) is 0.821. The van der Waals surface area contributed by atoms with Crippen LogP contribution in [0.15, 0.2) is 67.5 Å². The molecular weight excluding hydrogens is 462 g/mol. The number of nitrogens with one attached hydrogen (secondary N) is 3. The van der Waals surface area contributed by atoms with Gasteiger partial charge in [0.2, 0.25) is 11.9 Å². The summed E-state index contributed by atoms with van der Waals surface area (Å²) in [6.07, 6.45) is 4.45. The molecule has 11 nitrogen and oxygen atoms in total. The van der Waals surface area contributed by atoms with Gasteiger partial charge in [-0.15, -0.1) is 0 Å². The van der Waals surface area contributed by atoms with Gasteiger partial charge in [-0.05, 0) is 23.8 Å². The molecule has 0 radical (unpaired) electrons. The van der Waals surface area contributed by atoms with Crippen LogP contribution in [0.2, 0.25) is 0 Å². The summed E-state index contributed by atoms with van der Waals surface area (Å²) in [4.78, 5) is 32.8. The van der Waals surface area contributed by atoms with Gasteiger partial charge in [-0.1, -0.05) is 18.7 Å². The van der Waals surface area contributed by atoms with E-state index in [1.165, 1.54) is 6.08 Å². The molecule has 184 valence electrons. The Kier molecular flexibility index (Phi) is 7.00. The number of ether oxygens (including phenoxy) is 2. The lowest BCUT2D eigenvalue weighted by Gasteiger charge is -2.16. The molecule has 0 fully saturated rings. The minimum absolute atomic E-state index is 0.134. The molecule has 36 heavy (non-hydrogen) atoms. The Bertz CT molecular complexity index is 1410. The summed E-state index contributed by atoms with van der Waals surface area (Å²) in [6.45, 7) is 3.86. The van der Waals surface area contributed by atoms with Crippen LogP contribution in [0.3, 0.4) is 0 Å². The molecule has 0 spiro atoms. The van der Waals surface area contributed by atoms with Crippen molar-refractivity contribution < 1.29 is 19.1 Å². The SMILES string of the molecule is C=CC(=O)Nc1ccc(CNc2nc(Nc3cc(OC)cc(OC)c3)c(C(N)=O)c3nccn23)cc1. The molecule has 4 aromatic rings. The van der Waals surface area contributed by atoms with Crippen LogP contribution >= 0.6 is 0 Å². The highest BCUT2D eigenvalue weighted by Gasteiger charge is 2.20. The van der Waals surface area contributed by atoms with Gasteiger partial charge in [-0.2, -0.15) is 4.98 Å². The molecule has 2 amide bonds. The number of primary amides is 1. The van der Waals surface area contributed by atoms with Gasteiger partial charge < -0.3 is 31.2 Å². The first-order chi connectivity index (χ1) is 17.4. The van der Waals surface area contributed by atoms with E-state index in [0.717, 1.165) is 5.56 Å². The number of carbonyl (C=O) groups is 2. The van der Waals surface area contributed by atoms with Crippen LogP contribution in [0.4, 0.5) is 23.1 Å². The molecule has 0 saturated carbocycles. The second-order valence-corrected chi connectivity index (χ2v) is 7.61. The topological polar surface area (TPSA) is 145 Å². The number of hydrogen-bond donors (Lipinski definition) is 4. The van der Waals surface area contributed by atoms with Crippen molar-refractivity contribution in [3.8, 4) is 11.5 Å². The first kappa shape index (κ1) is 24.1. The van der Waals surface area contributed by atoms with E-state index in [4.69, 9.17) is 15.2 Å². The highest BCUT2D eigenvalue weighted by molar-refractivity contribution is 6.04. The van der Waals surface area contributed by atoms with Gasteiger partial charge in [0, 0.05) is 48.5 Å². The number of fused-ring (bicyclic) bond motifs is 1. The van der Waals surface area contributed by atoms with E-state index in [2.05, 4.69) is 32.5 Å². The molecule has 2 aromatic heterocycles. The Morgan fingerprint density at radius 3 is 2.39 bits per heavy atom. The number of rotatable bonds is 10. The number of methoxy groups -OCH3 is 2. The molecule has 0 atom stereocenters. The lowest BCUT2D eigenvalue weighted by atomic mass is 10.2. The zero-order chi connectivity index (χ0) is 25.7. The van der Waals surface area contributed by atoms with Crippen LogP contribution < -0.4 is 31.2 Å². The number of hydrogen-bond acceptors (Lipinski definition) is 8. The van der Waals surface area contributed by atoms with E-state index >= 15 is 0 Å². The molecule has 0 unspecified atom stereocenters. The van der Waals surface area contributed by atoms with Gasteiger partial charge in [0.25, 0.3) is 5.91 Å². The standard InChI is InChI=1S/C25H25N7O4/c1-4-20(33)29-16-7-5-15(6-8-16)14-28-25-31-23(21(22(26)34)24-27-9-10-32(24)25)30-17-11-18(35-2)13-19(12-17)36-3/h4-13,30H,1,14H2,2-3H3,(H2,26,34)(H,28,31)(H,29,33). The lowest BCUT2D eigenvalue weighted by Crippen LogP contribution is -2.18. The van der Waals surface area contributed by atoms with E-state index in [9.17, 15) is 9.59 Å². The van der Waals surface area contributed by atoms with Gasteiger partial charge in [0.15, 0.2) is 11.5 Å². The Balaban J connectivity index is 1.65. The van der Waals surface area contributed by atoms with Gasteiger partial charge in [-0.25, -0.2) is 4.98 Å². The van der Waals surface area contributed by atoms with Crippen LogP contribution in [-0.2, 0) is 11.3 Å². The van der Waals surface area contributed by atoms with E-state index < -0.39 is 5.91 Å². The maximum atomic E-state index is 12.4. The van der Waals surface area contributed by atoms with E-state index in [-0.39, 0.29) is 17.3 Å². The third kappa shape index (κ3) is 5.20. The summed E-state index contributed by atoms with van der Waals surface area (Å²) in [5, 5.41) is 9.11. The van der Waals surface area contributed by atoms with E-state index in [0.29, 0.717) is 41.0 Å². The minimum atomic E-state index is -0.681. The van der Waals surface area contributed by atoms with Crippen molar-refractivity contribution in [3.63, 3.8) is 0 Å². The van der Waals surface area contributed by atoms with E-state index in [1.54, 1.807) is 61.3 Å². The van der Waals surface area contributed by atoms with E-state index in [1.807, 2.05) is 12.1 Å². The van der Waals surface area contributed by atoms with Crippen LogP contribution in [0.1, 0.15) is 15.9 Å². The zero-order valence-corrected chi connectivity index (χ0v) is 19.7. The number of nitrogens with two attached hydrogens (primary N) is 1. The number of nitrogens with zero attached hydrogens (tertiary/aromatic N) is 3. The summed E-state index contributed by atoms with van der Waals surface area (Å²) >= 11 is 0. The number of benzene rings is 2. The summed E-state index contributed by atoms with van der Waals surface area (Å²) in [5.41, 5.74) is 8.36. The predicted molar refractivity (Wildman–Crippen MR) is 137 cm³/mol. The number of imidazole rings is 1. The quantitative estimate of drug-likeness (QED) is 0.249. The normalized spacial score (nSPS) is 10.5. The maximum Gasteiger partial charge on any atom is 0.256 e. The molecular formula is C25H25N7O4. The number of carbonyl (C=O) groups excluding carboxylic acids is 2. The van der Waals surface area contributed by atoms with Gasteiger partial charge in [0.1, 0.15) is 17.1 Å². The molecule has 0 aliphatic heterocycles. The van der Waals surface area contributed by atoms with Crippen molar-refractivity contribution >= 4 is 40.6 Å². The summed E-state index contributed by atoms with van der Waals surface area (Å²) < 4.78 is 12.3. The highest BCUT2D eigenvalue weighted by Crippen LogP contribution is 2.30. The van der Waals surface area contributed by atoms with Crippen LogP contribution in [0.25, 0.3) is 5.65 Å². The Labute approximate surface area is 207 Å². The average molecular weight is 488 g/mol. The molecule has 5 N–H and O–H groups in total. The minimum Gasteiger partial charge on any atom is -0.497 e. The third-order valence-corrected chi connectivity index (χ3v) is 5.27. The number of amides is 2. The predicted octanol–water partition coefficient (Wildman–Crippen LogP) is 3.33. The molecule has 4 rings (SSSR count). The Hall–Kier alpha value is -5.06. The van der Waals surface area contributed by atoms with Crippen LogP contribution in [0, 0.1) is 0 Å². The molecule has 0 aliphatic carbocycles. The fourth-order valence-corrected chi connectivity index (χ4v) is 3.52. The summed E-state index contributed by atoms with van der Waals surface area (Å²) in [6, 6.07) is 12.5.